The molecular formula is C16H24N2O2S. The topological polar surface area (TPSA) is 53.4 Å². The van der Waals surface area contributed by atoms with Crippen LogP contribution in [0.25, 0.3) is 0 Å². The predicted molar refractivity (Wildman–Crippen MR) is 85.3 cm³/mol. The van der Waals surface area contributed by atoms with E-state index >= 15 is 0 Å². The van der Waals surface area contributed by atoms with Crippen molar-refractivity contribution in [1.82, 2.24) is 4.98 Å². The summed E-state index contributed by atoms with van der Waals surface area (Å²) >= 11 is 1.74. The lowest BCUT2D eigenvalue weighted by Gasteiger charge is -2.35. The van der Waals surface area contributed by atoms with Gasteiger partial charge in [-0.1, -0.05) is 13.3 Å². The van der Waals surface area contributed by atoms with Gasteiger partial charge in [-0.05, 0) is 44.9 Å². The van der Waals surface area contributed by atoms with Gasteiger partial charge in [0.25, 0.3) is 0 Å². The highest BCUT2D eigenvalue weighted by Crippen LogP contribution is 2.40. The molecule has 2 atom stereocenters. The van der Waals surface area contributed by atoms with Crippen molar-refractivity contribution in [3.63, 3.8) is 0 Å². The normalized spacial score (nSPS) is 25.7. The van der Waals surface area contributed by atoms with Gasteiger partial charge in [0.2, 0.25) is 0 Å². The van der Waals surface area contributed by atoms with Crippen LogP contribution >= 0.6 is 11.3 Å². The SMILES string of the molecule is CCCC1CCCCN1c1nc2c(s1)CCCC2C(=O)O. The third-order valence-electron chi connectivity index (χ3n) is 4.74. The summed E-state index contributed by atoms with van der Waals surface area (Å²) in [5, 5.41) is 10.5. The molecule has 0 saturated carbocycles. The Balaban J connectivity index is 1.87. The Labute approximate surface area is 130 Å². The van der Waals surface area contributed by atoms with Gasteiger partial charge in [-0.2, -0.15) is 0 Å². The van der Waals surface area contributed by atoms with Gasteiger partial charge in [0.05, 0.1) is 5.69 Å². The van der Waals surface area contributed by atoms with Gasteiger partial charge >= 0.3 is 5.97 Å². The minimum Gasteiger partial charge on any atom is -0.481 e. The first-order valence-electron chi connectivity index (χ1n) is 8.19. The fraction of sp³-hybridized carbons (Fsp3) is 0.750. The van der Waals surface area contributed by atoms with Crippen molar-refractivity contribution in [2.45, 2.75) is 70.3 Å². The zero-order chi connectivity index (χ0) is 14.8. The summed E-state index contributed by atoms with van der Waals surface area (Å²) < 4.78 is 0. The van der Waals surface area contributed by atoms with Crippen LogP contribution in [0, 0.1) is 0 Å². The van der Waals surface area contributed by atoms with Crippen LogP contribution in [-0.4, -0.2) is 28.6 Å². The molecule has 1 aromatic heterocycles. The summed E-state index contributed by atoms with van der Waals surface area (Å²) in [7, 11) is 0. The summed E-state index contributed by atoms with van der Waals surface area (Å²) in [5.41, 5.74) is 0.856. The van der Waals surface area contributed by atoms with E-state index in [0.717, 1.165) is 36.6 Å². The number of hydrogen-bond acceptors (Lipinski definition) is 4. The van der Waals surface area contributed by atoms with E-state index in [1.807, 2.05) is 0 Å². The van der Waals surface area contributed by atoms with E-state index in [1.54, 1.807) is 11.3 Å². The smallest absolute Gasteiger partial charge is 0.312 e. The molecule has 4 nitrogen and oxygen atoms in total. The molecule has 1 fully saturated rings. The predicted octanol–water partition coefficient (Wildman–Crippen LogP) is 3.81. The molecule has 0 radical (unpaired) electrons. The Morgan fingerprint density at radius 3 is 3.00 bits per heavy atom. The average molecular weight is 308 g/mol. The Bertz CT molecular complexity index is 512. The molecular weight excluding hydrogens is 284 g/mol. The molecule has 0 aromatic carbocycles. The molecule has 5 heteroatoms. The van der Waals surface area contributed by atoms with Crippen LogP contribution in [0.1, 0.15) is 68.4 Å². The van der Waals surface area contributed by atoms with Crippen LogP contribution in [0.15, 0.2) is 0 Å². The van der Waals surface area contributed by atoms with Crippen molar-refractivity contribution in [3.8, 4) is 0 Å². The molecule has 0 spiro atoms. The van der Waals surface area contributed by atoms with E-state index in [4.69, 9.17) is 4.98 Å². The fourth-order valence-corrected chi connectivity index (χ4v) is 4.92. The Morgan fingerprint density at radius 1 is 1.38 bits per heavy atom. The molecule has 1 aliphatic heterocycles. The highest BCUT2D eigenvalue weighted by atomic mass is 32.1. The molecule has 2 aliphatic rings. The number of aryl methyl sites for hydroxylation is 1. The number of carbonyl (C=O) groups is 1. The number of aromatic nitrogens is 1. The maximum Gasteiger partial charge on any atom is 0.312 e. The highest BCUT2D eigenvalue weighted by Gasteiger charge is 2.32. The second-order valence-corrected chi connectivity index (χ2v) is 7.28. The first-order valence-corrected chi connectivity index (χ1v) is 9.01. The lowest BCUT2D eigenvalue weighted by Crippen LogP contribution is -2.39. The second-order valence-electron chi connectivity index (χ2n) is 6.22. The van der Waals surface area contributed by atoms with Crippen LogP contribution in [-0.2, 0) is 11.2 Å². The Kier molecular flexibility index (Phi) is 4.48. The number of hydrogen-bond donors (Lipinski definition) is 1. The third-order valence-corrected chi connectivity index (χ3v) is 5.90. The maximum atomic E-state index is 11.4. The van der Waals surface area contributed by atoms with Gasteiger partial charge in [-0.25, -0.2) is 4.98 Å². The van der Waals surface area contributed by atoms with Gasteiger partial charge in [-0.3, -0.25) is 4.79 Å². The molecule has 2 unspecified atom stereocenters. The van der Waals surface area contributed by atoms with Crippen LogP contribution < -0.4 is 4.90 Å². The molecule has 1 aliphatic carbocycles. The largest absolute Gasteiger partial charge is 0.481 e. The van der Waals surface area contributed by atoms with E-state index in [1.165, 1.54) is 37.0 Å². The lowest BCUT2D eigenvalue weighted by atomic mass is 9.91. The van der Waals surface area contributed by atoms with Crippen LogP contribution in [0.3, 0.4) is 0 Å². The standard InChI is InChI=1S/C16H24N2O2S/c1-2-6-11-7-3-4-10-18(11)16-17-14-12(15(19)20)8-5-9-13(14)21-16/h11-12H,2-10H2,1H3,(H,19,20). The third kappa shape index (κ3) is 2.93. The molecule has 0 amide bonds. The minimum absolute atomic E-state index is 0.381. The summed E-state index contributed by atoms with van der Waals surface area (Å²) in [6, 6.07) is 0.597. The quantitative estimate of drug-likeness (QED) is 0.919. The maximum absolute atomic E-state index is 11.4. The molecule has 0 bridgehead atoms. The molecule has 116 valence electrons. The van der Waals surface area contributed by atoms with Gasteiger partial charge in [0.1, 0.15) is 5.92 Å². The van der Waals surface area contributed by atoms with Crippen LogP contribution in [0.2, 0.25) is 0 Å². The van der Waals surface area contributed by atoms with Crippen LogP contribution in [0.4, 0.5) is 5.13 Å². The molecule has 1 saturated heterocycles. The zero-order valence-electron chi connectivity index (χ0n) is 12.7. The van der Waals surface area contributed by atoms with Crippen molar-refractivity contribution in [1.29, 1.82) is 0 Å². The summed E-state index contributed by atoms with van der Waals surface area (Å²) in [6.45, 7) is 3.31. The Morgan fingerprint density at radius 2 is 2.24 bits per heavy atom. The number of anilines is 1. The Hall–Kier alpha value is -1.10. The molecule has 2 heterocycles. The molecule has 21 heavy (non-hydrogen) atoms. The van der Waals surface area contributed by atoms with Gasteiger partial charge in [-0.15, -0.1) is 11.3 Å². The summed E-state index contributed by atoms with van der Waals surface area (Å²) in [6.07, 6.45) is 8.92. The first-order chi connectivity index (χ1) is 10.2. The number of carboxylic acids is 1. The van der Waals surface area contributed by atoms with Crippen molar-refractivity contribution >= 4 is 22.4 Å². The average Bonchev–Trinajstić information content (AvgIpc) is 2.91. The van der Waals surface area contributed by atoms with Crippen molar-refractivity contribution in [3.05, 3.63) is 10.6 Å². The van der Waals surface area contributed by atoms with Crippen molar-refractivity contribution in [2.24, 2.45) is 0 Å². The molecule has 3 rings (SSSR count). The van der Waals surface area contributed by atoms with E-state index in [2.05, 4.69) is 11.8 Å². The molecule has 1 aromatic rings. The fourth-order valence-electron chi connectivity index (χ4n) is 3.65. The van der Waals surface area contributed by atoms with E-state index in [9.17, 15) is 9.90 Å². The van der Waals surface area contributed by atoms with Crippen molar-refractivity contribution < 1.29 is 9.90 Å². The number of rotatable bonds is 4. The minimum atomic E-state index is -0.712. The van der Waals surface area contributed by atoms with E-state index in [-0.39, 0.29) is 5.92 Å². The van der Waals surface area contributed by atoms with Gasteiger partial charge < -0.3 is 10.0 Å². The summed E-state index contributed by atoms with van der Waals surface area (Å²) in [5.74, 6) is -1.09. The number of piperidine rings is 1. The molecule has 1 N–H and O–H groups in total. The van der Waals surface area contributed by atoms with E-state index < -0.39 is 5.97 Å². The number of fused-ring (bicyclic) bond motifs is 1. The van der Waals surface area contributed by atoms with E-state index in [0.29, 0.717) is 6.04 Å². The number of thiazole rings is 1. The lowest BCUT2D eigenvalue weighted by molar-refractivity contribution is -0.139. The number of carboxylic acid groups (broad SMARTS) is 1. The number of nitrogens with zero attached hydrogens (tertiary/aromatic N) is 2. The van der Waals surface area contributed by atoms with Gasteiger partial charge in [0, 0.05) is 17.5 Å². The second kappa shape index (κ2) is 6.34. The zero-order valence-corrected chi connectivity index (χ0v) is 13.5. The highest BCUT2D eigenvalue weighted by molar-refractivity contribution is 7.15. The van der Waals surface area contributed by atoms with Gasteiger partial charge in [0.15, 0.2) is 5.13 Å². The first kappa shape index (κ1) is 14.8. The van der Waals surface area contributed by atoms with Crippen LogP contribution in [0.5, 0.6) is 0 Å². The number of aliphatic carboxylic acids is 1. The van der Waals surface area contributed by atoms with Crippen molar-refractivity contribution in [2.75, 3.05) is 11.4 Å². The monoisotopic (exact) mass is 308 g/mol. The summed E-state index contributed by atoms with van der Waals surface area (Å²) in [4.78, 5) is 19.9.